The Balaban J connectivity index is 1.80. The van der Waals surface area contributed by atoms with E-state index in [2.05, 4.69) is 9.97 Å². The maximum absolute atomic E-state index is 12.2. The van der Waals surface area contributed by atoms with Crippen LogP contribution in [-0.2, 0) is 6.42 Å². The molecular weight excluding hydrogens is 280 g/mol. The van der Waals surface area contributed by atoms with Gasteiger partial charge in [0, 0.05) is 28.9 Å². The second-order valence-electron chi connectivity index (χ2n) is 4.80. The van der Waals surface area contributed by atoms with Gasteiger partial charge in [0.2, 0.25) is 0 Å². The van der Waals surface area contributed by atoms with Crippen LogP contribution in [-0.4, -0.2) is 15.8 Å². The first-order valence-electron chi connectivity index (χ1n) is 6.67. The largest absolute Gasteiger partial charge is 0.294 e. The fourth-order valence-corrected chi connectivity index (χ4v) is 2.98. The summed E-state index contributed by atoms with van der Waals surface area (Å²) in [6, 6.07) is 11.3. The Morgan fingerprint density at radius 2 is 2.00 bits per heavy atom. The number of hydrogen-bond donors (Lipinski definition) is 0. The molecule has 1 aromatic carbocycles. The van der Waals surface area contributed by atoms with Crippen LogP contribution in [0.3, 0.4) is 0 Å². The summed E-state index contributed by atoms with van der Waals surface area (Å²) in [6.45, 7) is 2.03. The van der Waals surface area contributed by atoms with E-state index < -0.39 is 0 Å². The van der Waals surface area contributed by atoms with Crippen LogP contribution in [0.2, 0.25) is 0 Å². The molecule has 0 saturated heterocycles. The zero-order valence-electron chi connectivity index (χ0n) is 11.6. The summed E-state index contributed by atoms with van der Waals surface area (Å²) >= 11 is 1.55. The van der Waals surface area contributed by atoms with Crippen molar-refractivity contribution in [1.82, 2.24) is 9.97 Å². The summed E-state index contributed by atoms with van der Waals surface area (Å²) in [5.74, 6) is 0.0929. The van der Waals surface area contributed by atoms with Crippen LogP contribution in [0, 0.1) is 6.92 Å². The number of benzene rings is 1. The van der Waals surface area contributed by atoms with E-state index in [0.717, 1.165) is 27.4 Å². The summed E-state index contributed by atoms with van der Waals surface area (Å²) < 4.78 is 0. The van der Waals surface area contributed by atoms with Gasteiger partial charge in [-0.15, -0.1) is 11.3 Å². The van der Waals surface area contributed by atoms with Crippen molar-refractivity contribution in [2.75, 3.05) is 0 Å². The third-order valence-corrected chi connectivity index (χ3v) is 4.18. The first kappa shape index (κ1) is 13.6. The van der Waals surface area contributed by atoms with Crippen LogP contribution in [0.5, 0.6) is 0 Å². The number of rotatable bonds is 4. The zero-order chi connectivity index (χ0) is 14.7. The molecule has 3 aromatic rings. The van der Waals surface area contributed by atoms with Gasteiger partial charge in [0.05, 0.1) is 12.1 Å². The SMILES string of the molecule is Cc1ccncc1-c1nc(CC(=O)c2ccccc2)cs1. The molecule has 0 fully saturated rings. The topological polar surface area (TPSA) is 42.9 Å². The quantitative estimate of drug-likeness (QED) is 0.684. The fourth-order valence-electron chi connectivity index (χ4n) is 2.09. The van der Waals surface area contributed by atoms with Crippen molar-refractivity contribution in [3.05, 3.63) is 71.0 Å². The van der Waals surface area contributed by atoms with Crippen LogP contribution < -0.4 is 0 Å². The van der Waals surface area contributed by atoms with Crippen molar-refractivity contribution >= 4 is 17.1 Å². The number of ketones is 1. The zero-order valence-corrected chi connectivity index (χ0v) is 12.4. The van der Waals surface area contributed by atoms with Gasteiger partial charge in [0.1, 0.15) is 5.01 Å². The molecule has 0 saturated carbocycles. The van der Waals surface area contributed by atoms with E-state index in [1.165, 1.54) is 0 Å². The number of aromatic nitrogens is 2. The predicted octanol–water partition coefficient (Wildman–Crippen LogP) is 3.94. The normalized spacial score (nSPS) is 10.5. The second kappa shape index (κ2) is 5.97. The number of aryl methyl sites for hydroxylation is 1. The number of thiazole rings is 1. The molecule has 0 aliphatic carbocycles. The molecule has 3 rings (SSSR count). The Morgan fingerprint density at radius 1 is 1.19 bits per heavy atom. The van der Waals surface area contributed by atoms with Gasteiger partial charge in [-0.3, -0.25) is 9.78 Å². The summed E-state index contributed by atoms with van der Waals surface area (Å²) in [5, 5.41) is 2.86. The molecule has 0 radical (unpaired) electrons. The van der Waals surface area contributed by atoms with Gasteiger partial charge < -0.3 is 0 Å². The molecule has 0 bridgehead atoms. The fraction of sp³-hybridized carbons (Fsp3) is 0.118. The van der Waals surface area contributed by atoms with Crippen LogP contribution in [0.15, 0.2) is 54.2 Å². The molecule has 3 nitrogen and oxygen atoms in total. The van der Waals surface area contributed by atoms with Crippen LogP contribution in [0.1, 0.15) is 21.6 Å². The number of pyridine rings is 1. The highest BCUT2D eigenvalue weighted by Gasteiger charge is 2.11. The summed E-state index contributed by atoms with van der Waals surface area (Å²) in [6.07, 6.45) is 3.92. The van der Waals surface area contributed by atoms with Gasteiger partial charge in [0.15, 0.2) is 5.78 Å². The Bertz CT molecular complexity index is 765. The maximum Gasteiger partial charge on any atom is 0.168 e. The minimum atomic E-state index is 0.0929. The number of carbonyl (C=O) groups is 1. The number of carbonyl (C=O) groups excluding carboxylic acids is 1. The molecule has 104 valence electrons. The minimum Gasteiger partial charge on any atom is -0.294 e. The van der Waals surface area contributed by atoms with Gasteiger partial charge in [-0.2, -0.15) is 0 Å². The lowest BCUT2D eigenvalue weighted by Gasteiger charge is -2.00. The first-order valence-corrected chi connectivity index (χ1v) is 7.55. The Hall–Kier alpha value is -2.33. The third-order valence-electron chi connectivity index (χ3n) is 3.26. The summed E-state index contributed by atoms with van der Waals surface area (Å²) in [7, 11) is 0. The number of Topliss-reactive ketones (excluding diaryl/α,β-unsaturated/α-hetero) is 1. The van der Waals surface area contributed by atoms with E-state index in [4.69, 9.17) is 0 Å². The van der Waals surface area contributed by atoms with Gasteiger partial charge >= 0.3 is 0 Å². The van der Waals surface area contributed by atoms with Gasteiger partial charge in [-0.25, -0.2) is 4.98 Å². The molecule has 2 aromatic heterocycles. The van der Waals surface area contributed by atoms with E-state index in [9.17, 15) is 4.79 Å². The summed E-state index contributed by atoms with van der Waals surface area (Å²) in [4.78, 5) is 20.9. The molecule has 0 aliphatic heterocycles. The van der Waals surface area contributed by atoms with Crippen molar-refractivity contribution in [3.8, 4) is 10.6 Å². The molecule has 0 atom stereocenters. The second-order valence-corrected chi connectivity index (χ2v) is 5.66. The molecule has 0 unspecified atom stereocenters. The van der Waals surface area contributed by atoms with Crippen molar-refractivity contribution in [1.29, 1.82) is 0 Å². The van der Waals surface area contributed by atoms with Gasteiger partial charge in [-0.1, -0.05) is 30.3 Å². The summed E-state index contributed by atoms with van der Waals surface area (Å²) in [5.41, 5.74) is 3.71. The maximum atomic E-state index is 12.2. The van der Waals surface area contributed by atoms with Crippen molar-refractivity contribution in [3.63, 3.8) is 0 Å². The van der Waals surface area contributed by atoms with E-state index in [1.54, 1.807) is 17.5 Å². The molecule has 0 N–H and O–H groups in total. The van der Waals surface area contributed by atoms with E-state index in [0.29, 0.717) is 6.42 Å². The van der Waals surface area contributed by atoms with Gasteiger partial charge in [-0.05, 0) is 18.6 Å². The first-order chi connectivity index (χ1) is 10.2. The number of nitrogens with zero attached hydrogens (tertiary/aromatic N) is 2. The van der Waals surface area contributed by atoms with Crippen LogP contribution in [0.4, 0.5) is 0 Å². The lowest BCUT2D eigenvalue weighted by Crippen LogP contribution is -2.03. The molecule has 0 aliphatic rings. The van der Waals surface area contributed by atoms with Crippen LogP contribution >= 0.6 is 11.3 Å². The molecule has 0 spiro atoms. The molecule has 4 heteroatoms. The predicted molar refractivity (Wildman–Crippen MR) is 84.6 cm³/mol. The van der Waals surface area contributed by atoms with E-state index >= 15 is 0 Å². The Labute approximate surface area is 127 Å². The Kier molecular flexibility index (Phi) is 3.88. The average molecular weight is 294 g/mol. The number of hydrogen-bond acceptors (Lipinski definition) is 4. The Morgan fingerprint density at radius 3 is 2.76 bits per heavy atom. The highest BCUT2D eigenvalue weighted by molar-refractivity contribution is 7.13. The lowest BCUT2D eigenvalue weighted by atomic mass is 10.1. The van der Waals surface area contributed by atoms with Crippen molar-refractivity contribution in [2.45, 2.75) is 13.3 Å². The monoisotopic (exact) mass is 294 g/mol. The molecular formula is C17H14N2OS. The van der Waals surface area contributed by atoms with Crippen molar-refractivity contribution in [2.24, 2.45) is 0 Å². The highest BCUT2D eigenvalue weighted by Crippen LogP contribution is 2.26. The average Bonchev–Trinajstić information content (AvgIpc) is 2.97. The third kappa shape index (κ3) is 3.06. The van der Waals surface area contributed by atoms with E-state index in [1.807, 2.05) is 54.9 Å². The molecule has 21 heavy (non-hydrogen) atoms. The lowest BCUT2D eigenvalue weighted by molar-refractivity contribution is 0.0992. The van der Waals surface area contributed by atoms with Crippen LogP contribution in [0.25, 0.3) is 10.6 Å². The smallest absolute Gasteiger partial charge is 0.168 e. The van der Waals surface area contributed by atoms with E-state index in [-0.39, 0.29) is 5.78 Å². The molecule has 0 amide bonds. The highest BCUT2D eigenvalue weighted by atomic mass is 32.1. The van der Waals surface area contributed by atoms with Crippen molar-refractivity contribution < 1.29 is 4.79 Å². The minimum absolute atomic E-state index is 0.0929. The standard InChI is InChI=1S/C17H14N2OS/c1-12-7-8-18-10-15(12)17-19-14(11-21-17)9-16(20)13-5-3-2-4-6-13/h2-8,10-11H,9H2,1H3. The molecule has 2 heterocycles. The van der Waals surface area contributed by atoms with Gasteiger partial charge in [0.25, 0.3) is 0 Å².